The van der Waals surface area contributed by atoms with Crippen molar-refractivity contribution in [2.24, 2.45) is 5.84 Å². The summed E-state index contributed by atoms with van der Waals surface area (Å²) in [6.45, 7) is 11.0. The van der Waals surface area contributed by atoms with E-state index in [1.54, 1.807) is 0 Å². The van der Waals surface area contributed by atoms with Crippen LogP contribution in [-0.4, -0.2) is 16.5 Å². The number of benzene rings is 1. The Balaban J connectivity index is 2.59. The molecule has 0 radical (unpaired) electrons. The Morgan fingerprint density at radius 1 is 1.22 bits per heavy atom. The Hall–Kier alpha value is -0.510. The number of hydrogen-bond donors (Lipinski definition) is 2. The average molecular weight is 266 g/mol. The van der Waals surface area contributed by atoms with Crippen molar-refractivity contribution < 1.29 is 0 Å². The number of aryl methyl sites for hydroxylation is 2. The Morgan fingerprint density at radius 3 is 2.39 bits per heavy atom. The van der Waals surface area contributed by atoms with Crippen LogP contribution in [0.4, 0.5) is 0 Å². The highest BCUT2D eigenvalue weighted by Crippen LogP contribution is 2.24. The van der Waals surface area contributed by atoms with E-state index < -0.39 is 0 Å². The van der Waals surface area contributed by atoms with Gasteiger partial charge in [0, 0.05) is 16.5 Å². The molecule has 0 amide bonds. The van der Waals surface area contributed by atoms with Gasteiger partial charge in [0.25, 0.3) is 0 Å². The third-order valence-corrected chi connectivity index (χ3v) is 4.44. The van der Waals surface area contributed by atoms with Crippen molar-refractivity contribution in [1.82, 2.24) is 5.43 Å². The molecule has 1 aromatic rings. The van der Waals surface area contributed by atoms with Crippen LogP contribution in [0, 0.1) is 13.8 Å². The van der Waals surface area contributed by atoms with Crippen LogP contribution in [0.3, 0.4) is 0 Å². The Morgan fingerprint density at radius 2 is 1.89 bits per heavy atom. The zero-order chi connectivity index (χ0) is 13.8. The van der Waals surface area contributed by atoms with Gasteiger partial charge in [-0.15, -0.1) is 0 Å². The molecule has 0 saturated heterocycles. The molecule has 1 atom stereocenters. The Bertz CT molecular complexity index is 383. The average Bonchev–Trinajstić information content (AvgIpc) is 2.28. The van der Waals surface area contributed by atoms with Crippen molar-refractivity contribution in [3.05, 3.63) is 34.9 Å². The Labute approximate surface area is 116 Å². The summed E-state index contributed by atoms with van der Waals surface area (Å²) in [7, 11) is 0. The third kappa shape index (κ3) is 5.42. The van der Waals surface area contributed by atoms with Gasteiger partial charge in [-0.1, -0.05) is 39.0 Å². The van der Waals surface area contributed by atoms with Crippen molar-refractivity contribution in [2.75, 3.05) is 5.75 Å². The summed E-state index contributed by atoms with van der Waals surface area (Å²) in [6, 6.07) is 6.99. The SMILES string of the molecule is Cc1ccc(CC(CSC(C)(C)C)NN)cc1C. The third-order valence-electron chi connectivity index (χ3n) is 3.01. The van der Waals surface area contributed by atoms with E-state index in [4.69, 9.17) is 5.84 Å². The van der Waals surface area contributed by atoms with Gasteiger partial charge in [0.1, 0.15) is 0 Å². The minimum absolute atomic E-state index is 0.290. The molecular formula is C15H26N2S. The van der Waals surface area contributed by atoms with Gasteiger partial charge in [-0.2, -0.15) is 11.8 Å². The minimum atomic E-state index is 0.290. The molecule has 0 heterocycles. The molecule has 1 unspecified atom stereocenters. The van der Waals surface area contributed by atoms with Crippen molar-refractivity contribution in [1.29, 1.82) is 0 Å². The number of thioether (sulfide) groups is 1. The normalized spacial score (nSPS) is 13.7. The lowest BCUT2D eigenvalue weighted by atomic mass is 10.0. The summed E-state index contributed by atoms with van der Waals surface area (Å²) in [5.74, 6) is 6.69. The van der Waals surface area contributed by atoms with Crippen LogP contribution in [0.1, 0.15) is 37.5 Å². The van der Waals surface area contributed by atoms with Crippen LogP contribution in [0.25, 0.3) is 0 Å². The van der Waals surface area contributed by atoms with Gasteiger partial charge >= 0.3 is 0 Å². The summed E-state index contributed by atoms with van der Waals surface area (Å²) < 4.78 is 0.290. The lowest BCUT2D eigenvalue weighted by Crippen LogP contribution is -2.39. The first-order valence-electron chi connectivity index (χ1n) is 6.48. The second-order valence-electron chi connectivity index (χ2n) is 5.91. The maximum Gasteiger partial charge on any atom is 0.0341 e. The highest BCUT2D eigenvalue weighted by atomic mass is 32.2. The monoisotopic (exact) mass is 266 g/mol. The van der Waals surface area contributed by atoms with Crippen LogP contribution >= 0.6 is 11.8 Å². The molecule has 0 aromatic heterocycles. The number of nitrogens with one attached hydrogen (secondary N) is 1. The van der Waals surface area contributed by atoms with Gasteiger partial charge in [-0.3, -0.25) is 11.3 Å². The van der Waals surface area contributed by atoms with Gasteiger partial charge in [0.05, 0.1) is 0 Å². The van der Waals surface area contributed by atoms with Gasteiger partial charge in [0.15, 0.2) is 0 Å². The van der Waals surface area contributed by atoms with Crippen molar-refractivity contribution in [3.63, 3.8) is 0 Å². The number of hydrazine groups is 1. The largest absolute Gasteiger partial charge is 0.271 e. The van der Waals surface area contributed by atoms with E-state index in [9.17, 15) is 0 Å². The molecule has 102 valence electrons. The fourth-order valence-electron chi connectivity index (χ4n) is 1.73. The zero-order valence-electron chi connectivity index (χ0n) is 12.2. The maximum absolute atomic E-state index is 5.65. The number of nitrogens with two attached hydrogens (primary N) is 1. The maximum atomic E-state index is 5.65. The molecule has 0 spiro atoms. The molecule has 0 saturated carbocycles. The highest BCUT2D eigenvalue weighted by molar-refractivity contribution is 8.00. The molecule has 3 heteroatoms. The predicted molar refractivity (Wildman–Crippen MR) is 82.9 cm³/mol. The second-order valence-corrected chi connectivity index (χ2v) is 7.76. The fourth-order valence-corrected chi connectivity index (χ4v) is 2.65. The predicted octanol–water partition coefficient (Wildman–Crippen LogP) is 3.21. The fraction of sp³-hybridized carbons (Fsp3) is 0.600. The van der Waals surface area contributed by atoms with Crippen molar-refractivity contribution in [2.45, 2.75) is 51.8 Å². The van der Waals surface area contributed by atoms with Crippen molar-refractivity contribution >= 4 is 11.8 Å². The summed E-state index contributed by atoms with van der Waals surface area (Å²) in [6.07, 6.45) is 0.987. The molecule has 0 aliphatic rings. The first-order chi connectivity index (χ1) is 8.31. The molecule has 0 aliphatic carbocycles. The lowest BCUT2D eigenvalue weighted by Gasteiger charge is -2.22. The highest BCUT2D eigenvalue weighted by Gasteiger charge is 2.15. The van der Waals surface area contributed by atoms with E-state index in [0.29, 0.717) is 6.04 Å². The minimum Gasteiger partial charge on any atom is -0.271 e. The number of rotatable bonds is 5. The van der Waals surface area contributed by atoms with Crippen molar-refractivity contribution in [3.8, 4) is 0 Å². The Kier molecular flexibility index (Phi) is 5.70. The van der Waals surface area contributed by atoms with Crippen LogP contribution < -0.4 is 11.3 Å². The topological polar surface area (TPSA) is 38.0 Å². The van der Waals surface area contributed by atoms with Crippen LogP contribution in [0.5, 0.6) is 0 Å². The molecule has 0 fully saturated rings. The van der Waals surface area contributed by atoms with Crippen LogP contribution in [0.15, 0.2) is 18.2 Å². The van der Waals surface area contributed by atoms with E-state index in [-0.39, 0.29) is 4.75 Å². The second kappa shape index (κ2) is 6.60. The first kappa shape index (κ1) is 15.5. The van der Waals surface area contributed by atoms with Gasteiger partial charge in [0.2, 0.25) is 0 Å². The van der Waals surface area contributed by atoms with Gasteiger partial charge in [-0.25, -0.2) is 0 Å². The quantitative estimate of drug-likeness (QED) is 0.635. The lowest BCUT2D eigenvalue weighted by molar-refractivity contribution is 0.573. The van der Waals surface area contributed by atoms with E-state index in [1.807, 2.05) is 11.8 Å². The van der Waals surface area contributed by atoms with Gasteiger partial charge in [-0.05, 0) is 37.0 Å². The molecule has 2 nitrogen and oxygen atoms in total. The zero-order valence-corrected chi connectivity index (χ0v) is 13.0. The summed E-state index contributed by atoms with van der Waals surface area (Å²) in [5.41, 5.74) is 6.99. The summed E-state index contributed by atoms with van der Waals surface area (Å²) in [5, 5.41) is 0. The van der Waals surface area contributed by atoms with E-state index in [1.165, 1.54) is 16.7 Å². The molecule has 18 heavy (non-hydrogen) atoms. The molecule has 0 bridgehead atoms. The van der Waals surface area contributed by atoms with Gasteiger partial charge < -0.3 is 0 Å². The van der Waals surface area contributed by atoms with E-state index >= 15 is 0 Å². The summed E-state index contributed by atoms with van der Waals surface area (Å²) >= 11 is 1.95. The van der Waals surface area contributed by atoms with Crippen LogP contribution in [-0.2, 0) is 6.42 Å². The standard InChI is InChI=1S/C15H26N2S/c1-11-6-7-13(8-12(11)2)9-14(17-16)10-18-15(3,4)5/h6-8,14,17H,9-10,16H2,1-5H3. The van der Waals surface area contributed by atoms with Crippen LogP contribution in [0.2, 0.25) is 0 Å². The van der Waals surface area contributed by atoms with E-state index in [2.05, 4.69) is 58.2 Å². The van der Waals surface area contributed by atoms with E-state index in [0.717, 1.165) is 12.2 Å². The first-order valence-corrected chi connectivity index (χ1v) is 7.46. The molecule has 1 rings (SSSR count). The molecule has 1 aromatic carbocycles. The summed E-state index contributed by atoms with van der Waals surface area (Å²) in [4.78, 5) is 0. The number of hydrogen-bond acceptors (Lipinski definition) is 3. The molecular weight excluding hydrogens is 240 g/mol. The molecule has 3 N–H and O–H groups in total. The molecule has 0 aliphatic heterocycles. The smallest absolute Gasteiger partial charge is 0.0341 e.